The molecule has 0 aliphatic heterocycles. The number of aliphatic hydroxyl groups is 1. The normalized spacial score (nSPS) is 10.1. The van der Waals surface area contributed by atoms with Gasteiger partial charge in [-0.05, 0) is 31.4 Å². The molecule has 0 saturated heterocycles. The lowest BCUT2D eigenvalue weighted by Gasteiger charge is -2.11. The number of hydrogen-bond acceptors (Lipinski definition) is 2. The molecule has 3 nitrogen and oxygen atoms in total. The van der Waals surface area contributed by atoms with Gasteiger partial charge in [0.1, 0.15) is 5.49 Å². The number of hydrogen-bond donors (Lipinski definition) is 2. The lowest BCUT2D eigenvalue weighted by molar-refractivity contribution is 0.287. The molecule has 1 aromatic heterocycles. The Morgan fingerprint density at radius 1 is 1.57 bits per heavy atom. The third kappa shape index (κ3) is 2.12. The van der Waals surface area contributed by atoms with Crippen molar-refractivity contribution in [3.63, 3.8) is 0 Å². The molecule has 0 aliphatic rings. The van der Waals surface area contributed by atoms with Crippen LogP contribution in [0, 0.1) is 12.3 Å². The maximum Gasteiger partial charge on any atom is 0.129 e. The highest BCUT2D eigenvalue weighted by Gasteiger charge is 2.02. The summed E-state index contributed by atoms with van der Waals surface area (Å²) in [5.74, 6) is 0. The lowest BCUT2D eigenvalue weighted by atomic mass is 10.1. The van der Waals surface area contributed by atoms with E-state index in [-0.39, 0.29) is 6.61 Å². The van der Waals surface area contributed by atoms with E-state index >= 15 is 0 Å². The van der Waals surface area contributed by atoms with E-state index in [2.05, 4.69) is 6.58 Å². The lowest BCUT2D eigenvalue weighted by Crippen LogP contribution is -2.19. The van der Waals surface area contributed by atoms with Gasteiger partial charge in [0.2, 0.25) is 0 Å². The van der Waals surface area contributed by atoms with E-state index in [4.69, 9.17) is 10.5 Å². The zero-order chi connectivity index (χ0) is 10.6. The van der Waals surface area contributed by atoms with Crippen molar-refractivity contribution in [1.29, 1.82) is 5.41 Å². The maximum atomic E-state index is 8.77. The van der Waals surface area contributed by atoms with Crippen LogP contribution >= 0.6 is 0 Å². The van der Waals surface area contributed by atoms with Crippen LogP contribution in [0.15, 0.2) is 18.7 Å². The molecular weight excluding hydrogens is 176 g/mol. The summed E-state index contributed by atoms with van der Waals surface area (Å²) in [4.78, 5) is 0. The minimum absolute atomic E-state index is 0.179. The van der Waals surface area contributed by atoms with Gasteiger partial charge < -0.3 is 9.67 Å². The predicted octanol–water partition coefficient (Wildman–Crippen LogP) is 1.30. The first-order chi connectivity index (χ1) is 6.70. The fourth-order valence-electron chi connectivity index (χ4n) is 1.49. The molecule has 0 unspecified atom stereocenters. The Balaban J connectivity index is 3.16. The van der Waals surface area contributed by atoms with Crippen molar-refractivity contribution in [2.24, 2.45) is 0 Å². The molecule has 3 heteroatoms. The zero-order valence-corrected chi connectivity index (χ0v) is 8.45. The molecule has 0 bridgehead atoms. The van der Waals surface area contributed by atoms with Crippen molar-refractivity contribution in [2.75, 3.05) is 6.61 Å². The van der Waals surface area contributed by atoms with Crippen molar-refractivity contribution in [1.82, 2.24) is 4.57 Å². The van der Waals surface area contributed by atoms with E-state index in [9.17, 15) is 0 Å². The fourth-order valence-corrected chi connectivity index (χ4v) is 1.49. The van der Waals surface area contributed by atoms with Crippen LogP contribution in [0.4, 0.5) is 0 Å². The number of nitrogens with one attached hydrogen (secondary N) is 1. The topological polar surface area (TPSA) is 49.0 Å². The summed E-state index contributed by atoms with van der Waals surface area (Å²) in [6, 6.07) is 3.68. The van der Waals surface area contributed by atoms with Gasteiger partial charge in [-0.15, -0.1) is 0 Å². The van der Waals surface area contributed by atoms with Crippen LogP contribution in [-0.2, 0) is 6.42 Å². The van der Waals surface area contributed by atoms with E-state index < -0.39 is 0 Å². The molecule has 0 amide bonds. The van der Waals surface area contributed by atoms with E-state index in [0.717, 1.165) is 24.1 Å². The summed E-state index contributed by atoms with van der Waals surface area (Å²) >= 11 is 0. The Kier molecular flexibility index (Phi) is 3.65. The van der Waals surface area contributed by atoms with Gasteiger partial charge in [0.25, 0.3) is 0 Å². The molecule has 76 valence electrons. The van der Waals surface area contributed by atoms with Gasteiger partial charge in [0, 0.05) is 18.5 Å². The van der Waals surface area contributed by atoms with Gasteiger partial charge >= 0.3 is 0 Å². The van der Waals surface area contributed by atoms with Crippen LogP contribution < -0.4 is 5.49 Å². The quantitative estimate of drug-likeness (QED) is 0.742. The predicted molar refractivity (Wildman–Crippen MR) is 56.8 cm³/mol. The zero-order valence-electron chi connectivity index (χ0n) is 8.45. The molecule has 0 atom stereocenters. The van der Waals surface area contributed by atoms with Crippen molar-refractivity contribution < 1.29 is 5.11 Å². The van der Waals surface area contributed by atoms with Crippen LogP contribution in [0.25, 0.3) is 6.20 Å². The summed E-state index contributed by atoms with van der Waals surface area (Å²) < 4.78 is 1.75. The number of pyridine rings is 1. The van der Waals surface area contributed by atoms with Crippen molar-refractivity contribution in [3.05, 3.63) is 35.5 Å². The smallest absolute Gasteiger partial charge is 0.129 e. The minimum atomic E-state index is 0.179. The largest absolute Gasteiger partial charge is 0.396 e. The summed E-state index contributed by atoms with van der Waals surface area (Å²) in [6.07, 6.45) is 3.14. The summed E-state index contributed by atoms with van der Waals surface area (Å²) in [5.41, 5.74) is 2.62. The second kappa shape index (κ2) is 4.77. The van der Waals surface area contributed by atoms with E-state index in [1.165, 1.54) is 0 Å². The second-order valence-corrected chi connectivity index (χ2v) is 3.23. The van der Waals surface area contributed by atoms with Gasteiger partial charge in [-0.2, -0.15) is 0 Å². The fraction of sp³-hybridized carbons (Fsp3) is 0.364. The Bertz CT molecular complexity index is 379. The molecule has 2 N–H and O–H groups in total. The van der Waals surface area contributed by atoms with Crippen LogP contribution in [0.1, 0.15) is 17.7 Å². The SMILES string of the molecule is C=Cn1c(CCCO)c(C)ccc1=N. The van der Waals surface area contributed by atoms with Crippen molar-refractivity contribution in [3.8, 4) is 0 Å². The Morgan fingerprint density at radius 2 is 2.29 bits per heavy atom. The third-order valence-electron chi connectivity index (χ3n) is 2.25. The van der Waals surface area contributed by atoms with Crippen molar-refractivity contribution >= 4 is 6.20 Å². The first-order valence-electron chi connectivity index (χ1n) is 4.69. The standard InChI is InChI=1S/C11H16N2O/c1-3-13-10(5-4-8-14)9(2)6-7-11(13)12/h3,6-7,12,14H,1,4-5,8H2,2H3. The first-order valence-corrected chi connectivity index (χ1v) is 4.69. The van der Waals surface area contributed by atoms with Crippen molar-refractivity contribution in [2.45, 2.75) is 19.8 Å². The highest BCUT2D eigenvalue weighted by Crippen LogP contribution is 2.07. The highest BCUT2D eigenvalue weighted by molar-refractivity contribution is 5.29. The Labute approximate surface area is 83.8 Å². The number of nitrogens with zero attached hydrogens (tertiary/aromatic N) is 1. The number of aromatic nitrogens is 1. The molecule has 0 radical (unpaired) electrons. The maximum absolute atomic E-state index is 8.77. The average molecular weight is 192 g/mol. The minimum Gasteiger partial charge on any atom is -0.396 e. The second-order valence-electron chi connectivity index (χ2n) is 3.23. The molecule has 0 aromatic carbocycles. The third-order valence-corrected chi connectivity index (χ3v) is 2.25. The molecule has 0 aliphatic carbocycles. The number of aryl methyl sites for hydroxylation is 1. The van der Waals surface area contributed by atoms with Crippen LogP contribution in [-0.4, -0.2) is 16.3 Å². The molecular formula is C11H16N2O. The van der Waals surface area contributed by atoms with Gasteiger partial charge in [-0.1, -0.05) is 12.6 Å². The van der Waals surface area contributed by atoms with Gasteiger partial charge in [-0.3, -0.25) is 5.41 Å². The number of aliphatic hydroxyl groups excluding tert-OH is 1. The van der Waals surface area contributed by atoms with Gasteiger partial charge in [-0.25, -0.2) is 0 Å². The van der Waals surface area contributed by atoms with Crippen LogP contribution in [0.2, 0.25) is 0 Å². The molecule has 1 aromatic rings. The summed E-state index contributed by atoms with van der Waals surface area (Å²) in [5, 5.41) is 16.4. The molecule has 1 heterocycles. The van der Waals surface area contributed by atoms with Crippen LogP contribution in [0.5, 0.6) is 0 Å². The Morgan fingerprint density at radius 3 is 2.86 bits per heavy atom. The van der Waals surface area contributed by atoms with E-state index in [1.54, 1.807) is 16.8 Å². The molecule has 14 heavy (non-hydrogen) atoms. The number of rotatable bonds is 4. The first kappa shape index (κ1) is 10.7. The Hall–Kier alpha value is -1.35. The monoisotopic (exact) mass is 192 g/mol. The molecule has 1 rings (SSSR count). The molecule has 0 saturated carbocycles. The average Bonchev–Trinajstić information content (AvgIpc) is 2.19. The summed E-state index contributed by atoms with van der Waals surface area (Å²) in [7, 11) is 0. The van der Waals surface area contributed by atoms with Gasteiger partial charge in [0.15, 0.2) is 0 Å². The van der Waals surface area contributed by atoms with E-state index in [1.807, 2.05) is 13.0 Å². The highest BCUT2D eigenvalue weighted by atomic mass is 16.2. The van der Waals surface area contributed by atoms with Gasteiger partial charge in [0.05, 0.1) is 0 Å². The van der Waals surface area contributed by atoms with E-state index in [0.29, 0.717) is 5.49 Å². The molecule has 0 spiro atoms. The van der Waals surface area contributed by atoms with Crippen LogP contribution in [0.3, 0.4) is 0 Å². The molecule has 0 fully saturated rings. The summed E-state index contributed by atoms with van der Waals surface area (Å²) in [6.45, 7) is 5.87.